The van der Waals surface area contributed by atoms with E-state index in [-0.39, 0.29) is 18.4 Å². The fourth-order valence-corrected chi connectivity index (χ4v) is 2.39. The van der Waals surface area contributed by atoms with Gasteiger partial charge in [-0.25, -0.2) is 14.6 Å². The molecule has 1 atom stereocenters. The third-order valence-corrected chi connectivity index (χ3v) is 3.76. The second kappa shape index (κ2) is 7.28. The van der Waals surface area contributed by atoms with Crippen molar-refractivity contribution >= 4 is 5.91 Å². The Bertz CT molecular complexity index is 649. The van der Waals surface area contributed by atoms with Crippen LogP contribution in [0.3, 0.4) is 0 Å². The van der Waals surface area contributed by atoms with Crippen molar-refractivity contribution in [3.8, 4) is 0 Å². The van der Waals surface area contributed by atoms with Gasteiger partial charge in [0.1, 0.15) is 17.5 Å². The van der Waals surface area contributed by atoms with Gasteiger partial charge < -0.3 is 10.1 Å². The van der Waals surface area contributed by atoms with Crippen LogP contribution in [0.5, 0.6) is 0 Å². The molecule has 0 bridgehead atoms. The zero-order chi connectivity index (χ0) is 16.1. The Labute approximate surface area is 133 Å². The maximum Gasteiger partial charge on any atom is 0.226 e. The van der Waals surface area contributed by atoms with Crippen molar-refractivity contribution < 1.29 is 14.2 Å². The Kier molecular flexibility index (Phi) is 4.92. The van der Waals surface area contributed by atoms with E-state index in [1.54, 1.807) is 19.3 Å². The van der Waals surface area contributed by atoms with E-state index < -0.39 is 0 Å². The average Bonchev–Trinajstić information content (AvgIpc) is 2.99. The van der Waals surface area contributed by atoms with Gasteiger partial charge in [-0.2, -0.15) is 0 Å². The van der Waals surface area contributed by atoms with E-state index in [9.17, 15) is 4.79 Å². The summed E-state index contributed by atoms with van der Waals surface area (Å²) in [6.07, 6.45) is 6.79. The van der Waals surface area contributed by atoms with Crippen LogP contribution in [0.25, 0.3) is 0 Å². The predicted octanol–water partition coefficient (Wildman–Crippen LogP) is 1.27. The van der Waals surface area contributed by atoms with Crippen molar-refractivity contribution in [1.29, 1.82) is 0 Å². The van der Waals surface area contributed by atoms with Crippen molar-refractivity contribution in [2.24, 2.45) is 0 Å². The molecule has 1 aliphatic rings. The third-order valence-electron chi connectivity index (χ3n) is 3.76. The van der Waals surface area contributed by atoms with Crippen LogP contribution in [-0.2, 0) is 22.5 Å². The van der Waals surface area contributed by atoms with E-state index in [2.05, 4.69) is 30.2 Å². The van der Waals surface area contributed by atoms with Gasteiger partial charge in [-0.15, -0.1) is 0 Å². The lowest BCUT2D eigenvalue weighted by molar-refractivity contribution is -0.120. The summed E-state index contributed by atoms with van der Waals surface area (Å²) in [5, 5.41) is 10.1. The second-order valence-electron chi connectivity index (χ2n) is 5.55. The van der Waals surface area contributed by atoms with Gasteiger partial charge in [0.25, 0.3) is 0 Å². The van der Waals surface area contributed by atoms with Gasteiger partial charge in [-0.1, -0.05) is 10.3 Å². The van der Waals surface area contributed by atoms with E-state index in [0.717, 1.165) is 31.4 Å². The molecule has 0 aromatic carbocycles. The van der Waals surface area contributed by atoms with Crippen molar-refractivity contribution in [3.05, 3.63) is 35.2 Å². The monoisotopic (exact) mass is 317 g/mol. The van der Waals surface area contributed by atoms with E-state index in [1.807, 2.05) is 0 Å². The van der Waals surface area contributed by atoms with Crippen LogP contribution in [-0.4, -0.2) is 32.8 Å². The van der Waals surface area contributed by atoms with E-state index in [1.165, 1.54) is 0 Å². The number of hydrogen-bond acceptors (Lipinski definition) is 7. The third kappa shape index (κ3) is 4.10. The summed E-state index contributed by atoms with van der Waals surface area (Å²) in [6, 6.07) is 0. The quantitative estimate of drug-likeness (QED) is 0.885. The molecule has 0 aliphatic carbocycles. The molecule has 1 fully saturated rings. The number of carbonyl (C=O) groups excluding carboxylic acids is 1. The molecule has 0 unspecified atom stereocenters. The van der Waals surface area contributed by atoms with Crippen molar-refractivity contribution in [2.45, 2.75) is 45.3 Å². The molecule has 0 radical (unpaired) electrons. The van der Waals surface area contributed by atoms with Crippen LogP contribution >= 0.6 is 0 Å². The highest BCUT2D eigenvalue weighted by Gasteiger charge is 2.18. The number of carbonyl (C=O) groups is 1. The van der Waals surface area contributed by atoms with Gasteiger partial charge in [0.2, 0.25) is 5.91 Å². The topological polar surface area (TPSA) is 103 Å². The fraction of sp³-hybridized carbons (Fsp3) is 0.533. The molecular weight excluding hydrogens is 298 g/mol. The van der Waals surface area contributed by atoms with Crippen molar-refractivity contribution in [1.82, 2.24) is 25.6 Å². The summed E-state index contributed by atoms with van der Waals surface area (Å²) >= 11 is 0. The number of nitrogens with zero attached hydrogens (tertiary/aromatic N) is 4. The lowest BCUT2D eigenvalue weighted by Crippen LogP contribution is -2.25. The minimum Gasteiger partial charge on any atom is -0.370 e. The van der Waals surface area contributed by atoms with Gasteiger partial charge in [-0.05, 0) is 26.2 Å². The molecule has 122 valence electrons. The SMILES string of the molecule is Cc1nonc1CC(=O)NCc1cnc([C@@H]2CCCCO2)nc1. The largest absolute Gasteiger partial charge is 0.370 e. The first-order chi connectivity index (χ1) is 11.2. The summed E-state index contributed by atoms with van der Waals surface area (Å²) in [4.78, 5) is 20.6. The Morgan fingerprint density at radius 3 is 2.78 bits per heavy atom. The second-order valence-corrected chi connectivity index (χ2v) is 5.55. The fourth-order valence-electron chi connectivity index (χ4n) is 2.39. The summed E-state index contributed by atoms with van der Waals surface area (Å²) < 4.78 is 10.2. The number of ether oxygens (including phenoxy) is 1. The lowest BCUT2D eigenvalue weighted by Gasteiger charge is -2.21. The van der Waals surface area contributed by atoms with Gasteiger partial charge in [0.05, 0.1) is 6.42 Å². The highest BCUT2D eigenvalue weighted by molar-refractivity contribution is 5.78. The molecule has 0 spiro atoms. The van der Waals surface area contributed by atoms with E-state index in [4.69, 9.17) is 4.74 Å². The molecule has 2 aromatic heterocycles. The van der Waals surface area contributed by atoms with Gasteiger partial charge in [-0.3, -0.25) is 4.79 Å². The number of aromatic nitrogens is 4. The van der Waals surface area contributed by atoms with Gasteiger partial charge >= 0.3 is 0 Å². The minimum atomic E-state index is -0.150. The number of amides is 1. The molecule has 3 heterocycles. The normalized spacial score (nSPS) is 17.9. The molecule has 1 N–H and O–H groups in total. The molecule has 2 aromatic rings. The first-order valence-corrected chi connectivity index (χ1v) is 7.69. The molecule has 23 heavy (non-hydrogen) atoms. The van der Waals surface area contributed by atoms with Crippen molar-refractivity contribution in [2.75, 3.05) is 6.61 Å². The van der Waals surface area contributed by atoms with E-state index in [0.29, 0.717) is 23.8 Å². The van der Waals surface area contributed by atoms with Crippen LogP contribution in [0.1, 0.15) is 48.1 Å². The number of rotatable bonds is 5. The standard InChI is InChI=1S/C15H19N5O3/c1-10-12(20-23-19-10)6-14(21)16-7-11-8-17-15(18-9-11)13-4-2-3-5-22-13/h8-9,13H,2-7H2,1H3,(H,16,21)/t13-/m0/s1. The molecule has 1 saturated heterocycles. The molecular formula is C15H19N5O3. The zero-order valence-corrected chi connectivity index (χ0v) is 13.0. The van der Waals surface area contributed by atoms with Gasteiger partial charge in [0.15, 0.2) is 5.82 Å². The first kappa shape index (κ1) is 15.5. The Hall–Kier alpha value is -2.35. The summed E-state index contributed by atoms with van der Waals surface area (Å²) in [5.41, 5.74) is 2.01. The van der Waals surface area contributed by atoms with Crippen LogP contribution in [0.2, 0.25) is 0 Å². The average molecular weight is 317 g/mol. The van der Waals surface area contributed by atoms with E-state index >= 15 is 0 Å². The molecule has 8 heteroatoms. The molecule has 8 nitrogen and oxygen atoms in total. The molecule has 3 rings (SSSR count). The van der Waals surface area contributed by atoms with Crippen LogP contribution in [0.15, 0.2) is 17.0 Å². The predicted molar refractivity (Wildman–Crippen MR) is 79.2 cm³/mol. The number of nitrogens with one attached hydrogen (secondary N) is 1. The minimum absolute atomic E-state index is 0.00460. The Morgan fingerprint density at radius 1 is 1.30 bits per heavy atom. The number of hydrogen-bond donors (Lipinski definition) is 1. The molecule has 0 saturated carbocycles. The first-order valence-electron chi connectivity index (χ1n) is 7.69. The van der Waals surface area contributed by atoms with Crippen molar-refractivity contribution in [3.63, 3.8) is 0 Å². The smallest absolute Gasteiger partial charge is 0.226 e. The molecule has 1 amide bonds. The Morgan fingerprint density at radius 2 is 2.13 bits per heavy atom. The maximum atomic E-state index is 11.9. The Balaban J connectivity index is 1.50. The van der Waals surface area contributed by atoms with Crippen LogP contribution in [0.4, 0.5) is 0 Å². The highest BCUT2D eigenvalue weighted by atomic mass is 16.6. The van der Waals surface area contributed by atoms with Gasteiger partial charge in [0, 0.05) is 31.1 Å². The summed E-state index contributed by atoms with van der Waals surface area (Å²) in [7, 11) is 0. The van der Waals surface area contributed by atoms with Crippen LogP contribution < -0.4 is 5.32 Å². The highest BCUT2D eigenvalue weighted by Crippen LogP contribution is 2.24. The van der Waals surface area contributed by atoms with Crippen LogP contribution in [0, 0.1) is 6.92 Å². The number of aryl methyl sites for hydroxylation is 1. The molecule has 1 aliphatic heterocycles. The zero-order valence-electron chi connectivity index (χ0n) is 13.0. The lowest BCUT2D eigenvalue weighted by atomic mass is 10.1. The summed E-state index contributed by atoms with van der Waals surface area (Å²) in [5.74, 6) is 0.563. The maximum absolute atomic E-state index is 11.9. The summed E-state index contributed by atoms with van der Waals surface area (Å²) in [6.45, 7) is 2.89.